The molecule has 0 amide bonds. The Labute approximate surface area is 175 Å². The molecule has 5 heteroatoms. The first kappa shape index (κ1) is 21.5. The van der Waals surface area contributed by atoms with Crippen molar-refractivity contribution in [3.63, 3.8) is 0 Å². The molecule has 2 aromatic rings. The van der Waals surface area contributed by atoms with Crippen LogP contribution in [-0.2, 0) is 11.8 Å². The number of hydrogen-bond donors (Lipinski definition) is 2. The van der Waals surface area contributed by atoms with Crippen LogP contribution in [0, 0.1) is 5.41 Å². The van der Waals surface area contributed by atoms with Gasteiger partial charge >= 0.3 is 0 Å². The van der Waals surface area contributed by atoms with Crippen molar-refractivity contribution in [3.8, 4) is 11.5 Å². The van der Waals surface area contributed by atoms with Gasteiger partial charge in [-0.25, -0.2) is 0 Å². The molecule has 0 bridgehead atoms. The lowest BCUT2D eigenvalue weighted by molar-refractivity contribution is 0.419. The average Bonchev–Trinajstić information content (AvgIpc) is 3.40. The highest BCUT2D eigenvalue weighted by Crippen LogP contribution is 2.47. The Morgan fingerprint density at radius 3 is 2.31 bits per heavy atom. The third kappa shape index (κ3) is 5.91. The molecule has 3 rings (SSSR count). The van der Waals surface area contributed by atoms with E-state index in [9.17, 15) is 0 Å². The maximum atomic E-state index is 7.78. The van der Waals surface area contributed by atoms with E-state index >= 15 is 0 Å². The minimum Gasteiger partial charge on any atom is -0.387 e. The van der Waals surface area contributed by atoms with Crippen molar-refractivity contribution in [2.45, 2.75) is 95.8 Å². The lowest BCUT2D eigenvalue weighted by Gasteiger charge is -2.06. The average molecular weight is 397 g/mol. The van der Waals surface area contributed by atoms with Crippen LogP contribution in [0.15, 0.2) is 28.8 Å². The number of unbranched alkanes of at least 4 members (excludes halogenated alkanes) is 9. The van der Waals surface area contributed by atoms with E-state index in [0.717, 1.165) is 24.8 Å². The molecular weight excluding hydrogens is 360 g/mol. The van der Waals surface area contributed by atoms with Crippen LogP contribution >= 0.6 is 0 Å². The fourth-order valence-electron chi connectivity index (χ4n) is 3.95. The second-order valence-electron chi connectivity index (χ2n) is 8.55. The van der Waals surface area contributed by atoms with Crippen LogP contribution in [0.1, 0.15) is 95.4 Å². The molecule has 1 saturated carbocycles. The van der Waals surface area contributed by atoms with E-state index in [-0.39, 0.29) is 5.84 Å². The SMILES string of the molecule is CCCCCCCCCCCCc1cccc(-c2nc(C3(C(=N)N)CC3)no2)c1. The van der Waals surface area contributed by atoms with Gasteiger partial charge in [0.05, 0.1) is 5.41 Å². The van der Waals surface area contributed by atoms with Gasteiger partial charge in [-0.3, -0.25) is 5.41 Å². The minimum absolute atomic E-state index is 0.138. The van der Waals surface area contributed by atoms with Gasteiger partial charge in [0, 0.05) is 5.56 Å². The van der Waals surface area contributed by atoms with E-state index in [4.69, 9.17) is 15.7 Å². The molecule has 1 fully saturated rings. The number of nitrogens with one attached hydrogen (secondary N) is 1. The predicted octanol–water partition coefficient (Wildman–Crippen LogP) is 6.17. The molecule has 0 saturated heterocycles. The van der Waals surface area contributed by atoms with Crippen LogP contribution in [0.5, 0.6) is 0 Å². The molecule has 0 unspecified atom stereocenters. The molecule has 1 aliphatic carbocycles. The molecule has 0 spiro atoms. The lowest BCUT2D eigenvalue weighted by Crippen LogP contribution is -2.28. The van der Waals surface area contributed by atoms with E-state index in [2.05, 4.69) is 35.3 Å². The molecule has 0 radical (unpaired) electrons. The molecule has 1 aromatic carbocycles. The Hall–Kier alpha value is -2.17. The molecule has 1 aromatic heterocycles. The third-order valence-electron chi connectivity index (χ3n) is 6.11. The predicted molar refractivity (Wildman–Crippen MR) is 118 cm³/mol. The zero-order valence-electron chi connectivity index (χ0n) is 17.9. The summed E-state index contributed by atoms with van der Waals surface area (Å²) in [6, 6.07) is 8.39. The van der Waals surface area contributed by atoms with Crippen molar-refractivity contribution in [2.24, 2.45) is 5.73 Å². The summed E-state index contributed by atoms with van der Waals surface area (Å²) in [6.07, 6.45) is 16.3. The van der Waals surface area contributed by atoms with Gasteiger partial charge in [-0.15, -0.1) is 0 Å². The van der Waals surface area contributed by atoms with Crippen molar-refractivity contribution < 1.29 is 4.52 Å². The number of benzene rings is 1. The summed E-state index contributed by atoms with van der Waals surface area (Å²) in [4.78, 5) is 4.54. The highest BCUT2D eigenvalue weighted by atomic mass is 16.5. The van der Waals surface area contributed by atoms with Gasteiger partial charge in [0.25, 0.3) is 5.89 Å². The first-order valence-corrected chi connectivity index (χ1v) is 11.4. The normalized spacial score (nSPS) is 14.8. The van der Waals surface area contributed by atoms with Gasteiger partial charge in [0.2, 0.25) is 0 Å². The Morgan fingerprint density at radius 2 is 1.69 bits per heavy atom. The smallest absolute Gasteiger partial charge is 0.257 e. The molecule has 5 nitrogen and oxygen atoms in total. The monoisotopic (exact) mass is 396 g/mol. The van der Waals surface area contributed by atoms with Crippen LogP contribution in [-0.4, -0.2) is 16.0 Å². The van der Waals surface area contributed by atoms with Crippen molar-refractivity contribution in [3.05, 3.63) is 35.7 Å². The van der Waals surface area contributed by atoms with Crippen LogP contribution < -0.4 is 5.73 Å². The molecule has 1 aliphatic rings. The first-order chi connectivity index (χ1) is 14.2. The van der Waals surface area contributed by atoms with Gasteiger partial charge in [-0.2, -0.15) is 4.98 Å². The number of aryl methyl sites for hydroxylation is 1. The second kappa shape index (κ2) is 10.6. The minimum atomic E-state index is -0.477. The fourth-order valence-corrected chi connectivity index (χ4v) is 3.95. The summed E-state index contributed by atoms with van der Waals surface area (Å²) in [7, 11) is 0. The third-order valence-corrected chi connectivity index (χ3v) is 6.11. The molecule has 0 atom stereocenters. The lowest BCUT2D eigenvalue weighted by atomic mass is 10.0. The summed E-state index contributed by atoms with van der Waals surface area (Å²) in [5.74, 6) is 1.22. The maximum Gasteiger partial charge on any atom is 0.257 e. The molecule has 158 valence electrons. The Bertz CT molecular complexity index is 779. The number of rotatable bonds is 14. The molecule has 3 N–H and O–H groups in total. The van der Waals surface area contributed by atoms with E-state index in [1.165, 1.54) is 69.8 Å². The Balaban J connectivity index is 1.40. The summed E-state index contributed by atoms with van der Waals surface area (Å²) in [6.45, 7) is 2.27. The van der Waals surface area contributed by atoms with E-state index < -0.39 is 5.41 Å². The molecule has 1 heterocycles. The van der Waals surface area contributed by atoms with E-state index in [1.54, 1.807) is 0 Å². The number of aromatic nitrogens is 2. The van der Waals surface area contributed by atoms with Crippen molar-refractivity contribution in [1.82, 2.24) is 10.1 Å². The zero-order valence-corrected chi connectivity index (χ0v) is 17.9. The number of amidine groups is 1. The maximum absolute atomic E-state index is 7.78. The van der Waals surface area contributed by atoms with E-state index in [0.29, 0.717) is 11.7 Å². The van der Waals surface area contributed by atoms with Gasteiger partial charge in [-0.1, -0.05) is 82.0 Å². The topological polar surface area (TPSA) is 88.8 Å². The number of hydrogen-bond acceptors (Lipinski definition) is 4. The van der Waals surface area contributed by atoms with Gasteiger partial charge < -0.3 is 10.3 Å². The van der Waals surface area contributed by atoms with Gasteiger partial charge in [0.15, 0.2) is 5.82 Å². The standard InChI is InChI=1S/C24H36N4O/c1-2-3-4-5-6-7-8-9-10-11-13-19-14-12-15-20(18-19)21-27-23(28-29-21)24(16-17-24)22(25)26/h12,14-15,18H,2-11,13,16-17H2,1H3,(H3,25,26). The number of nitrogens with zero attached hydrogens (tertiary/aromatic N) is 2. The van der Waals surface area contributed by atoms with Crippen LogP contribution in [0.2, 0.25) is 0 Å². The second-order valence-corrected chi connectivity index (χ2v) is 8.55. The van der Waals surface area contributed by atoms with Crippen LogP contribution in [0.3, 0.4) is 0 Å². The zero-order chi connectivity index (χ0) is 20.5. The molecule has 29 heavy (non-hydrogen) atoms. The summed E-state index contributed by atoms with van der Waals surface area (Å²) < 4.78 is 5.47. The number of nitrogens with two attached hydrogens (primary N) is 1. The largest absolute Gasteiger partial charge is 0.387 e. The van der Waals surface area contributed by atoms with Crippen LogP contribution in [0.25, 0.3) is 11.5 Å². The van der Waals surface area contributed by atoms with Crippen molar-refractivity contribution in [2.75, 3.05) is 0 Å². The quantitative estimate of drug-likeness (QED) is 0.227. The first-order valence-electron chi connectivity index (χ1n) is 11.4. The Kier molecular flexibility index (Phi) is 7.84. The van der Waals surface area contributed by atoms with Crippen molar-refractivity contribution >= 4 is 5.84 Å². The summed E-state index contributed by atoms with van der Waals surface area (Å²) in [5.41, 5.74) is 7.51. The van der Waals surface area contributed by atoms with Crippen molar-refractivity contribution in [1.29, 1.82) is 5.41 Å². The highest BCUT2D eigenvalue weighted by Gasteiger charge is 2.51. The van der Waals surface area contributed by atoms with Crippen LogP contribution in [0.4, 0.5) is 0 Å². The molecular formula is C24H36N4O. The fraction of sp³-hybridized carbons (Fsp3) is 0.625. The Morgan fingerprint density at radius 1 is 1.03 bits per heavy atom. The summed E-state index contributed by atoms with van der Waals surface area (Å²) in [5, 5.41) is 11.9. The summed E-state index contributed by atoms with van der Waals surface area (Å²) >= 11 is 0. The van der Waals surface area contributed by atoms with E-state index in [1.807, 2.05) is 6.07 Å². The molecule has 0 aliphatic heterocycles. The van der Waals surface area contributed by atoms with Gasteiger partial charge in [0.1, 0.15) is 5.84 Å². The van der Waals surface area contributed by atoms with Gasteiger partial charge in [-0.05, 0) is 43.4 Å². The highest BCUT2D eigenvalue weighted by molar-refractivity contribution is 5.91.